The third-order valence-corrected chi connectivity index (χ3v) is 3.07. The third-order valence-electron chi connectivity index (χ3n) is 3.07. The van der Waals surface area contributed by atoms with Crippen LogP contribution in [-0.2, 0) is 6.42 Å². The molecule has 3 aromatic heterocycles. The summed E-state index contributed by atoms with van der Waals surface area (Å²) in [5.74, 6) is 0.877. The molecule has 3 rings (SSSR count). The fraction of sp³-hybridized carbons (Fsp3) is 0.133. The molecule has 0 radical (unpaired) electrons. The Kier molecular flexibility index (Phi) is 3.39. The Morgan fingerprint density at radius 2 is 2.19 bits per heavy atom. The molecule has 0 bridgehead atoms. The predicted octanol–water partition coefficient (Wildman–Crippen LogP) is 2.63. The molecule has 0 spiro atoms. The first kappa shape index (κ1) is 12.9. The first-order valence-electron chi connectivity index (χ1n) is 6.45. The number of nitriles is 1. The average Bonchev–Trinajstić information content (AvgIpc) is 3.04. The second-order valence-electron chi connectivity index (χ2n) is 4.35. The van der Waals surface area contributed by atoms with E-state index in [0.29, 0.717) is 23.0 Å². The first-order valence-corrected chi connectivity index (χ1v) is 6.45. The summed E-state index contributed by atoms with van der Waals surface area (Å²) in [6, 6.07) is 7.19. The molecule has 0 aromatic carbocycles. The highest BCUT2D eigenvalue weighted by molar-refractivity contribution is 5.62. The fourth-order valence-corrected chi connectivity index (χ4v) is 2.00. The van der Waals surface area contributed by atoms with Crippen LogP contribution in [0.1, 0.15) is 18.2 Å². The number of aryl methyl sites for hydroxylation is 1. The van der Waals surface area contributed by atoms with E-state index in [2.05, 4.69) is 20.1 Å². The maximum atomic E-state index is 8.87. The van der Waals surface area contributed by atoms with E-state index in [1.165, 1.54) is 0 Å². The summed E-state index contributed by atoms with van der Waals surface area (Å²) >= 11 is 0. The zero-order valence-electron chi connectivity index (χ0n) is 11.3. The highest BCUT2D eigenvalue weighted by Gasteiger charge is 2.13. The van der Waals surface area contributed by atoms with Crippen molar-refractivity contribution >= 4 is 0 Å². The summed E-state index contributed by atoms with van der Waals surface area (Å²) in [7, 11) is 0. The van der Waals surface area contributed by atoms with Gasteiger partial charge in [-0.15, -0.1) is 0 Å². The van der Waals surface area contributed by atoms with Gasteiger partial charge in [0.2, 0.25) is 5.82 Å². The van der Waals surface area contributed by atoms with Crippen LogP contribution >= 0.6 is 0 Å². The highest BCUT2D eigenvalue weighted by Crippen LogP contribution is 2.24. The van der Waals surface area contributed by atoms with Crippen molar-refractivity contribution in [2.45, 2.75) is 13.3 Å². The standard InChI is InChI=1S/C15H11N5O/c1-2-10-9-17-5-4-13(10)14-19-15(21-20-14)11-3-6-18-12(7-11)8-16/h3-7,9H,2H2,1H3. The molecule has 0 aliphatic carbocycles. The van der Waals surface area contributed by atoms with E-state index in [0.717, 1.165) is 17.5 Å². The molecule has 0 amide bonds. The molecule has 102 valence electrons. The quantitative estimate of drug-likeness (QED) is 0.731. The van der Waals surface area contributed by atoms with Crippen molar-refractivity contribution in [3.05, 3.63) is 48.0 Å². The monoisotopic (exact) mass is 277 g/mol. The Bertz CT molecular complexity index is 819. The molecule has 21 heavy (non-hydrogen) atoms. The maximum absolute atomic E-state index is 8.87. The van der Waals surface area contributed by atoms with Crippen LogP contribution in [0.3, 0.4) is 0 Å². The molecule has 6 heteroatoms. The lowest BCUT2D eigenvalue weighted by Crippen LogP contribution is -1.90. The van der Waals surface area contributed by atoms with Crippen molar-refractivity contribution in [1.29, 1.82) is 5.26 Å². The lowest BCUT2D eigenvalue weighted by molar-refractivity contribution is 0.432. The third kappa shape index (κ3) is 2.49. The minimum atomic E-state index is 0.311. The van der Waals surface area contributed by atoms with Gasteiger partial charge in [-0.1, -0.05) is 12.1 Å². The Morgan fingerprint density at radius 3 is 3.00 bits per heavy atom. The van der Waals surface area contributed by atoms with Crippen LogP contribution in [0, 0.1) is 11.3 Å². The van der Waals surface area contributed by atoms with E-state index in [1.54, 1.807) is 30.7 Å². The SMILES string of the molecule is CCc1cnccc1-c1noc(-c2ccnc(C#N)c2)n1. The molecule has 0 saturated heterocycles. The topological polar surface area (TPSA) is 88.5 Å². The molecule has 0 atom stereocenters. The van der Waals surface area contributed by atoms with Gasteiger partial charge in [-0.3, -0.25) is 4.98 Å². The molecule has 0 aliphatic rings. The zero-order valence-corrected chi connectivity index (χ0v) is 11.3. The van der Waals surface area contributed by atoms with E-state index in [9.17, 15) is 0 Å². The number of hydrogen-bond acceptors (Lipinski definition) is 6. The molecule has 3 aromatic rings. The Morgan fingerprint density at radius 1 is 1.29 bits per heavy atom. The van der Waals surface area contributed by atoms with Crippen molar-refractivity contribution in [2.75, 3.05) is 0 Å². The predicted molar refractivity (Wildman–Crippen MR) is 74.9 cm³/mol. The number of nitrogens with zero attached hydrogens (tertiary/aromatic N) is 5. The van der Waals surface area contributed by atoms with Crippen molar-refractivity contribution in [3.63, 3.8) is 0 Å². The van der Waals surface area contributed by atoms with Gasteiger partial charge in [-0.25, -0.2) is 4.98 Å². The Hall–Kier alpha value is -3.07. The summed E-state index contributed by atoms with van der Waals surface area (Å²) in [6.45, 7) is 2.05. The Balaban J connectivity index is 2.02. The number of hydrogen-bond donors (Lipinski definition) is 0. The second kappa shape index (κ2) is 5.51. The van der Waals surface area contributed by atoms with Crippen molar-refractivity contribution in [1.82, 2.24) is 20.1 Å². The van der Waals surface area contributed by atoms with Gasteiger partial charge in [0.25, 0.3) is 5.89 Å². The van der Waals surface area contributed by atoms with Gasteiger partial charge in [0.05, 0.1) is 0 Å². The van der Waals surface area contributed by atoms with E-state index < -0.39 is 0 Å². The van der Waals surface area contributed by atoms with E-state index >= 15 is 0 Å². The lowest BCUT2D eigenvalue weighted by Gasteiger charge is -2.00. The van der Waals surface area contributed by atoms with Crippen molar-refractivity contribution < 1.29 is 4.52 Å². The number of rotatable bonds is 3. The van der Waals surface area contributed by atoms with Crippen molar-refractivity contribution in [3.8, 4) is 28.9 Å². The van der Waals surface area contributed by atoms with Crippen LogP contribution in [0.4, 0.5) is 0 Å². The summed E-state index contributed by atoms with van der Waals surface area (Å²) < 4.78 is 5.29. The van der Waals surface area contributed by atoms with Crippen LogP contribution in [0.15, 0.2) is 41.3 Å². The van der Waals surface area contributed by atoms with Crippen LogP contribution < -0.4 is 0 Å². The molecule has 0 N–H and O–H groups in total. The largest absolute Gasteiger partial charge is 0.334 e. The van der Waals surface area contributed by atoms with Gasteiger partial charge in [0.15, 0.2) is 0 Å². The van der Waals surface area contributed by atoms with Gasteiger partial charge < -0.3 is 4.52 Å². The van der Waals surface area contributed by atoms with Gasteiger partial charge in [-0.2, -0.15) is 10.2 Å². The van der Waals surface area contributed by atoms with Crippen LogP contribution in [-0.4, -0.2) is 20.1 Å². The van der Waals surface area contributed by atoms with Crippen molar-refractivity contribution in [2.24, 2.45) is 0 Å². The average molecular weight is 277 g/mol. The second-order valence-corrected chi connectivity index (χ2v) is 4.35. The summed E-state index contributed by atoms with van der Waals surface area (Å²) in [5, 5.41) is 12.9. The normalized spacial score (nSPS) is 10.3. The van der Waals surface area contributed by atoms with E-state index in [1.807, 2.05) is 19.1 Å². The van der Waals surface area contributed by atoms with Crippen LogP contribution in [0.25, 0.3) is 22.8 Å². The van der Waals surface area contributed by atoms with Gasteiger partial charge in [0.1, 0.15) is 11.8 Å². The molecule has 3 heterocycles. The van der Waals surface area contributed by atoms with E-state index in [-0.39, 0.29) is 0 Å². The number of aromatic nitrogens is 4. The molecule has 0 fully saturated rings. The maximum Gasteiger partial charge on any atom is 0.258 e. The molecule has 6 nitrogen and oxygen atoms in total. The van der Waals surface area contributed by atoms with E-state index in [4.69, 9.17) is 9.78 Å². The first-order chi connectivity index (χ1) is 10.3. The minimum Gasteiger partial charge on any atom is -0.334 e. The molecule has 0 aliphatic heterocycles. The molecule has 0 saturated carbocycles. The summed E-state index contributed by atoms with van der Waals surface area (Å²) in [4.78, 5) is 12.4. The lowest BCUT2D eigenvalue weighted by atomic mass is 10.1. The Labute approximate surface area is 121 Å². The van der Waals surface area contributed by atoms with Crippen LogP contribution in [0.2, 0.25) is 0 Å². The smallest absolute Gasteiger partial charge is 0.258 e. The number of pyridine rings is 2. The van der Waals surface area contributed by atoms with Gasteiger partial charge >= 0.3 is 0 Å². The molecular formula is C15H11N5O. The highest BCUT2D eigenvalue weighted by atomic mass is 16.5. The molecule has 0 unspecified atom stereocenters. The van der Waals surface area contributed by atoms with Gasteiger partial charge in [0, 0.05) is 29.7 Å². The molecular weight excluding hydrogens is 266 g/mol. The van der Waals surface area contributed by atoms with Crippen LogP contribution in [0.5, 0.6) is 0 Å². The summed E-state index contributed by atoms with van der Waals surface area (Å²) in [5.41, 5.74) is 2.94. The fourth-order valence-electron chi connectivity index (χ4n) is 2.00. The van der Waals surface area contributed by atoms with Gasteiger partial charge in [-0.05, 0) is 30.2 Å². The summed E-state index contributed by atoms with van der Waals surface area (Å²) in [6.07, 6.45) is 5.87. The minimum absolute atomic E-state index is 0.311. The zero-order chi connectivity index (χ0) is 14.7.